The van der Waals surface area contributed by atoms with Crippen molar-refractivity contribution in [3.05, 3.63) is 33.8 Å². The van der Waals surface area contributed by atoms with Crippen LogP contribution < -0.4 is 0 Å². The lowest BCUT2D eigenvalue weighted by molar-refractivity contribution is -0.00254. The molecule has 0 aliphatic carbocycles. The second-order valence-electron chi connectivity index (χ2n) is 6.97. The first-order valence-electron chi connectivity index (χ1n) is 6.86. The van der Waals surface area contributed by atoms with Gasteiger partial charge in [0.15, 0.2) is 0 Å². The van der Waals surface area contributed by atoms with Gasteiger partial charge in [-0.25, -0.2) is 4.79 Å². The molecule has 0 aromatic heterocycles. The van der Waals surface area contributed by atoms with E-state index >= 15 is 0 Å². The second kappa shape index (κ2) is 5.06. The lowest BCUT2D eigenvalue weighted by Crippen LogP contribution is -2.52. The van der Waals surface area contributed by atoms with E-state index in [-0.39, 0.29) is 11.6 Å². The summed E-state index contributed by atoms with van der Waals surface area (Å²) in [7, 11) is 0. The number of benzene rings is 1. The summed E-state index contributed by atoms with van der Waals surface area (Å²) in [6, 6.07) is 6.27. The van der Waals surface area contributed by atoms with Crippen LogP contribution in [0.2, 0.25) is 0 Å². The molecular weight excluding hydrogens is 318 g/mol. The highest BCUT2D eigenvalue weighted by Gasteiger charge is 2.38. The van der Waals surface area contributed by atoms with E-state index in [2.05, 4.69) is 48.0 Å². The molecule has 0 unspecified atom stereocenters. The Morgan fingerprint density at radius 1 is 1.30 bits per heavy atom. The molecule has 0 saturated carbocycles. The van der Waals surface area contributed by atoms with Crippen molar-refractivity contribution < 1.29 is 9.53 Å². The molecule has 0 spiro atoms. The summed E-state index contributed by atoms with van der Waals surface area (Å²) in [6.45, 7) is 10.5. The van der Waals surface area contributed by atoms with E-state index in [0.717, 1.165) is 10.9 Å². The third-order valence-electron chi connectivity index (χ3n) is 3.46. The zero-order valence-electron chi connectivity index (χ0n) is 12.8. The van der Waals surface area contributed by atoms with E-state index in [1.165, 1.54) is 11.1 Å². The third kappa shape index (κ3) is 3.35. The lowest BCUT2D eigenvalue weighted by Gasteiger charge is -2.43. The van der Waals surface area contributed by atoms with Gasteiger partial charge in [0.2, 0.25) is 0 Å². The van der Waals surface area contributed by atoms with Crippen molar-refractivity contribution in [2.24, 2.45) is 0 Å². The molecule has 3 nitrogen and oxygen atoms in total. The standard InChI is InChI=1S/C16H22BrNO2/c1-15(2,3)20-14(19)18-10-12-8-13(17)7-6-11(12)9-16(18,4)5/h6-8H,9-10H2,1-5H3. The van der Waals surface area contributed by atoms with E-state index in [1.807, 2.05) is 25.7 Å². The van der Waals surface area contributed by atoms with E-state index in [0.29, 0.717) is 6.54 Å². The van der Waals surface area contributed by atoms with Crippen molar-refractivity contribution in [3.63, 3.8) is 0 Å². The van der Waals surface area contributed by atoms with Gasteiger partial charge in [-0.1, -0.05) is 22.0 Å². The Labute approximate surface area is 129 Å². The minimum atomic E-state index is -0.468. The molecule has 2 rings (SSSR count). The first kappa shape index (κ1) is 15.4. The number of carbonyl (C=O) groups excluding carboxylic acids is 1. The number of rotatable bonds is 0. The number of hydrogen-bond donors (Lipinski definition) is 0. The molecule has 0 N–H and O–H groups in total. The van der Waals surface area contributed by atoms with Gasteiger partial charge in [0.1, 0.15) is 5.60 Å². The summed E-state index contributed by atoms with van der Waals surface area (Å²) >= 11 is 3.49. The van der Waals surface area contributed by atoms with Crippen molar-refractivity contribution in [2.45, 2.75) is 58.7 Å². The Morgan fingerprint density at radius 2 is 1.95 bits per heavy atom. The van der Waals surface area contributed by atoms with Crippen LogP contribution in [0.1, 0.15) is 45.7 Å². The Morgan fingerprint density at radius 3 is 2.55 bits per heavy atom. The minimum absolute atomic E-state index is 0.233. The van der Waals surface area contributed by atoms with Crippen LogP contribution in [-0.2, 0) is 17.7 Å². The Bertz CT molecular complexity index is 532. The molecule has 1 heterocycles. The number of hydrogen-bond acceptors (Lipinski definition) is 2. The average Bonchev–Trinajstić information content (AvgIpc) is 2.25. The van der Waals surface area contributed by atoms with Crippen LogP contribution in [-0.4, -0.2) is 22.1 Å². The maximum absolute atomic E-state index is 12.4. The maximum Gasteiger partial charge on any atom is 0.411 e. The fraction of sp³-hybridized carbons (Fsp3) is 0.562. The highest BCUT2D eigenvalue weighted by molar-refractivity contribution is 9.10. The van der Waals surface area contributed by atoms with Gasteiger partial charge in [-0.3, -0.25) is 4.90 Å². The molecule has 0 atom stereocenters. The van der Waals surface area contributed by atoms with Crippen molar-refractivity contribution in [1.29, 1.82) is 0 Å². The van der Waals surface area contributed by atoms with Crippen LogP contribution in [0.5, 0.6) is 0 Å². The van der Waals surface area contributed by atoms with Gasteiger partial charge >= 0.3 is 6.09 Å². The van der Waals surface area contributed by atoms with Gasteiger partial charge in [0, 0.05) is 16.6 Å². The fourth-order valence-corrected chi connectivity index (χ4v) is 2.90. The van der Waals surface area contributed by atoms with Crippen LogP contribution in [0.4, 0.5) is 4.79 Å². The van der Waals surface area contributed by atoms with Gasteiger partial charge < -0.3 is 4.74 Å². The quantitative estimate of drug-likeness (QED) is 0.695. The molecule has 1 aromatic rings. The average molecular weight is 340 g/mol. The molecule has 0 saturated heterocycles. The van der Waals surface area contributed by atoms with Gasteiger partial charge in [-0.05, 0) is 64.3 Å². The minimum Gasteiger partial charge on any atom is -0.444 e. The summed E-state index contributed by atoms with van der Waals surface area (Å²) in [5, 5.41) is 0. The molecular formula is C16H22BrNO2. The lowest BCUT2D eigenvalue weighted by atomic mass is 9.86. The first-order valence-corrected chi connectivity index (χ1v) is 7.66. The van der Waals surface area contributed by atoms with Crippen molar-refractivity contribution in [1.82, 2.24) is 4.90 Å². The molecule has 1 amide bonds. The van der Waals surface area contributed by atoms with Gasteiger partial charge in [-0.2, -0.15) is 0 Å². The van der Waals surface area contributed by atoms with Crippen LogP contribution in [0.3, 0.4) is 0 Å². The van der Waals surface area contributed by atoms with Crippen molar-refractivity contribution in [2.75, 3.05) is 0 Å². The zero-order chi connectivity index (χ0) is 15.1. The van der Waals surface area contributed by atoms with Gasteiger partial charge in [0.25, 0.3) is 0 Å². The number of halogens is 1. The number of nitrogens with zero attached hydrogens (tertiary/aromatic N) is 1. The van der Waals surface area contributed by atoms with E-state index in [4.69, 9.17) is 4.74 Å². The second-order valence-corrected chi connectivity index (χ2v) is 7.88. The summed E-state index contributed by atoms with van der Waals surface area (Å²) in [6.07, 6.45) is 0.600. The predicted octanol–water partition coefficient (Wildman–Crippen LogP) is 4.52. The van der Waals surface area contributed by atoms with E-state index < -0.39 is 5.60 Å². The largest absolute Gasteiger partial charge is 0.444 e. The van der Waals surface area contributed by atoms with Crippen LogP contribution in [0.15, 0.2) is 22.7 Å². The van der Waals surface area contributed by atoms with Crippen molar-refractivity contribution >= 4 is 22.0 Å². The number of fused-ring (bicyclic) bond motifs is 1. The molecule has 0 radical (unpaired) electrons. The normalized spacial score (nSPS) is 17.6. The smallest absolute Gasteiger partial charge is 0.411 e. The van der Waals surface area contributed by atoms with E-state index in [1.54, 1.807) is 0 Å². The fourth-order valence-electron chi connectivity index (χ4n) is 2.49. The SMILES string of the molecule is CC(C)(C)OC(=O)N1Cc2cc(Br)ccc2CC1(C)C. The summed E-state index contributed by atoms with van der Waals surface area (Å²) < 4.78 is 6.58. The van der Waals surface area contributed by atoms with Gasteiger partial charge in [0.05, 0.1) is 0 Å². The predicted molar refractivity (Wildman–Crippen MR) is 83.7 cm³/mol. The number of carbonyl (C=O) groups is 1. The zero-order valence-corrected chi connectivity index (χ0v) is 14.4. The molecule has 110 valence electrons. The Balaban J connectivity index is 2.28. The molecule has 0 bridgehead atoms. The maximum atomic E-state index is 12.4. The number of amides is 1. The number of ether oxygens (including phenoxy) is 1. The van der Waals surface area contributed by atoms with Gasteiger partial charge in [-0.15, -0.1) is 0 Å². The monoisotopic (exact) mass is 339 g/mol. The van der Waals surface area contributed by atoms with E-state index in [9.17, 15) is 4.79 Å². The Kier molecular flexibility index (Phi) is 3.89. The Hall–Kier alpha value is -1.03. The molecule has 1 aliphatic heterocycles. The molecule has 20 heavy (non-hydrogen) atoms. The van der Waals surface area contributed by atoms with Crippen molar-refractivity contribution in [3.8, 4) is 0 Å². The summed E-state index contributed by atoms with van der Waals surface area (Å²) in [4.78, 5) is 14.2. The van der Waals surface area contributed by atoms with Crippen LogP contribution in [0, 0.1) is 0 Å². The topological polar surface area (TPSA) is 29.5 Å². The molecule has 4 heteroatoms. The highest BCUT2D eigenvalue weighted by Crippen LogP contribution is 2.33. The third-order valence-corrected chi connectivity index (χ3v) is 3.96. The molecule has 1 aromatic carbocycles. The highest BCUT2D eigenvalue weighted by atomic mass is 79.9. The summed E-state index contributed by atoms with van der Waals surface area (Å²) in [5.41, 5.74) is 1.79. The molecule has 1 aliphatic rings. The molecule has 0 fully saturated rings. The first-order chi connectivity index (χ1) is 9.08. The van der Waals surface area contributed by atoms with Crippen LogP contribution >= 0.6 is 15.9 Å². The van der Waals surface area contributed by atoms with Crippen LogP contribution in [0.25, 0.3) is 0 Å². The summed E-state index contributed by atoms with van der Waals surface area (Å²) in [5.74, 6) is 0.